The van der Waals surface area contributed by atoms with Gasteiger partial charge in [-0.1, -0.05) is 69.2 Å². The molecule has 1 N–H and O–H groups in total. The van der Waals surface area contributed by atoms with E-state index in [0.29, 0.717) is 17.9 Å². The highest BCUT2D eigenvalue weighted by molar-refractivity contribution is 5.94. The first-order valence-electron chi connectivity index (χ1n) is 8.61. The van der Waals surface area contributed by atoms with Crippen molar-refractivity contribution in [2.75, 3.05) is 0 Å². The molecule has 1 aliphatic rings. The number of benzene rings is 2. The van der Waals surface area contributed by atoms with Gasteiger partial charge in [-0.3, -0.25) is 4.79 Å². The molecule has 0 spiro atoms. The Labute approximate surface area is 138 Å². The van der Waals surface area contributed by atoms with E-state index in [0.717, 1.165) is 17.5 Å². The molecule has 2 nitrogen and oxygen atoms in total. The standard InChI is InChI=1S/C21H25NO/c1-15-7-6-10-20(16(15)2)22-21(23)19-13-11-18(12-14-19)17-8-4-3-5-9-17/h3-5,8-9,11-16,20H,6-7,10H2,1-2H3,(H,22,23). The Morgan fingerprint density at radius 2 is 1.57 bits per heavy atom. The molecule has 2 aromatic carbocycles. The van der Waals surface area contributed by atoms with E-state index in [4.69, 9.17) is 0 Å². The SMILES string of the molecule is CC1CCCC(NC(=O)c2ccc(-c3ccccc3)cc2)C1C. The molecule has 3 rings (SSSR count). The van der Waals surface area contributed by atoms with E-state index in [9.17, 15) is 4.79 Å². The number of carbonyl (C=O) groups excluding carboxylic acids is 1. The second kappa shape index (κ2) is 6.99. The predicted octanol–water partition coefficient (Wildman–Crippen LogP) is 4.91. The van der Waals surface area contributed by atoms with Crippen molar-refractivity contribution in [1.82, 2.24) is 5.32 Å². The zero-order valence-electron chi connectivity index (χ0n) is 14.0. The Hall–Kier alpha value is -2.09. The van der Waals surface area contributed by atoms with Gasteiger partial charge >= 0.3 is 0 Å². The van der Waals surface area contributed by atoms with Crippen molar-refractivity contribution < 1.29 is 4.79 Å². The molecular formula is C21H25NO. The summed E-state index contributed by atoms with van der Waals surface area (Å²) in [6.45, 7) is 4.55. The Balaban J connectivity index is 1.68. The third-order valence-electron chi connectivity index (χ3n) is 5.28. The van der Waals surface area contributed by atoms with Crippen molar-refractivity contribution in [3.63, 3.8) is 0 Å². The van der Waals surface area contributed by atoms with Crippen LogP contribution in [-0.2, 0) is 0 Å². The number of nitrogens with one attached hydrogen (secondary N) is 1. The van der Waals surface area contributed by atoms with Gasteiger partial charge in [0.1, 0.15) is 0 Å². The molecule has 2 heteroatoms. The summed E-state index contributed by atoms with van der Waals surface area (Å²) in [5.41, 5.74) is 3.06. The maximum absolute atomic E-state index is 12.5. The summed E-state index contributed by atoms with van der Waals surface area (Å²) in [6, 6.07) is 18.4. The average Bonchev–Trinajstić information content (AvgIpc) is 2.60. The summed E-state index contributed by atoms with van der Waals surface area (Å²) in [5.74, 6) is 1.29. The van der Waals surface area contributed by atoms with Gasteiger partial charge in [0.05, 0.1) is 0 Å². The van der Waals surface area contributed by atoms with Crippen LogP contribution in [0.5, 0.6) is 0 Å². The van der Waals surface area contributed by atoms with Gasteiger partial charge in [0.2, 0.25) is 0 Å². The van der Waals surface area contributed by atoms with Crippen molar-refractivity contribution in [2.45, 2.75) is 39.2 Å². The summed E-state index contributed by atoms with van der Waals surface area (Å²) in [7, 11) is 0. The summed E-state index contributed by atoms with van der Waals surface area (Å²) >= 11 is 0. The van der Waals surface area contributed by atoms with Crippen LogP contribution in [0, 0.1) is 11.8 Å². The molecule has 0 heterocycles. The van der Waals surface area contributed by atoms with Gasteiger partial charge in [0.25, 0.3) is 5.91 Å². The van der Waals surface area contributed by atoms with Crippen LogP contribution in [0.25, 0.3) is 11.1 Å². The van der Waals surface area contributed by atoms with Crippen LogP contribution in [0.1, 0.15) is 43.5 Å². The fourth-order valence-electron chi connectivity index (χ4n) is 3.48. The molecule has 1 aliphatic carbocycles. The van der Waals surface area contributed by atoms with E-state index in [1.807, 2.05) is 42.5 Å². The lowest BCUT2D eigenvalue weighted by Crippen LogP contribution is -2.43. The zero-order valence-corrected chi connectivity index (χ0v) is 14.0. The van der Waals surface area contributed by atoms with Crippen LogP contribution in [-0.4, -0.2) is 11.9 Å². The normalized spacial score (nSPS) is 24.2. The first-order chi connectivity index (χ1) is 11.1. The monoisotopic (exact) mass is 307 g/mol. The van der Waals surface area contributed by atoms with Crippen molar-refractivity contribution >= 4 is 5.91 Å². The second-order valence-electron chi connectivity index (χ2n) is 6.79. The van der Waals surface area contributed by atoms with E-state index in [1.54, 1.807) is 0 Å². The van der Waals surface area contributed by atoms with Crippen LogP contribution < -0.4 is 5.32 Å². The fraction of sp³-hybridized carbons (Fsp3) is 0.381. The predicted molar refractivity (Wildman–Crippen MR) is 95.3 cm³/mol. The highest BCUT2D eigenvalue weighted by Gasteiger charge is 2.28. The Morgan fingerprint density at radius 3 is 2.26 bits per heavy atom. The van der Waals surface area contributed by atoms with Gasteiger partial charge in [-0.25, -0.2) is 0 Å². The van der Waals surface area contributed by atoms with Crippen LogP contribution in [0.2, 0.25) is 0 Å². The van der Waals surface area contributed by atoms with Crippen molar-refractivity contribution in [2.24, 2.45) is 11.8 Å². The first kappa shape index (κ1) is 15.8. The van der Waals surface area contributed by atoms with Crippen LogP contribution in [0.4, 0.5) is 0 Å². The molecule has 3 unspecified atom stereocenters. The first-order valence-corrected chi connectivity index (χ1v) is 8.61. The largest absolute Gasteiger partial charge is 0.349 e. The van der Waals surface area contributed by atoms with Crippen molar-refractivity contribution in [1.29, 1.82) is 0 Å². The molecule has 120 valence electrons. The average molecular weight is 307 g/mol. The molecule has 1 fully saturated rings. The third-order valence-corrected chi connectivity index (χ3v) is 5.28. The minimum absolute atomic E-state index is 0.0514. The van der Waals surface area contributed by atoms with Gasteiger partial charge in [0, 0.05) is 11.6 Å². The van der Waals surface area contributed by atoms with Crippen molar-refractivity contribution in [3.8, 4) is 11.1 Å². The van der Waals surface area contributed by atoms with E-state index in [-0.39, 0.29) is 5.91 Å². The number of hydrogen-bond acceptors (Lipinski definition) is 1. The molecule has 0 bridgehead atoms. The maximum Gasteiger partial charge on any atom is 0.251 e. The molecular weight excluding hydrogens is 282 g/mol. The van der Waals surface area contributed by atoms with Crippen LogP contribution in [0.15, 0.2) is 54.6 Å². The van der Waals surface area contributed by atoms with Gasteiger partial charge in [-0.15, -0.1) is 0 Å². The molecule has 23 heavy (non-hydrogen) atoms. The fourth-order valence-corrected chi connectivity index (χ4v) is 3.48. The van der Waals surface area contributed by atoms with Crippen LogP contribution in [0.3, 0.4) is 0 Å². The second-order valence-corrected chi connectivity index (χ2v) is 6.79. The van der Waals surface area contributed by atoms with Gasteiger partial charge in [0.15, 0.2) is 0 Å². The molecule has 0 aromatic heterocycles. The number of amides is 1. The molecule has 1 amide bonds. The summed E-state index contributed by atoms with van der Waals surface area (Å²) < 4.78 is 0. The van der Waals surface area contributed by atoms with Gasteiger partial charge in [-0.2, -0.15) is 0 Å². The van der Waals surface area contributed by atoms with Crippen molar-refractivity contribution in [3.05, 3.63) is 60.2 Å². The Kier molecular flexibility index (Phi) is 4.80. The third kappa shape index (κ3) is 3.64. The highest BCUT2D eigenvalue weighted by atomic mass is 16.1. The topological polar surface area (TPSA) is 29.1 Å². The highest BCUT2D eigenvalue weighted by Crippen LogP contribution is 2.29. The molecule has 1 saturated carbocycles. The molecule has 3 atom stereocenters. The lowest BCUT2D eigenvalue weighted by molar-refractivity contribution is 0.0891. The van der Waals surface area contributed by atoms with E-state index in [2.05, 4.69) is 31.3 Å². The van der Waals surface area contributed by atoms with Gasteiger partial charge in [-0.05, 0) is 41.5 Å². The minimum Gasteiger partial charge on any atom is -0.349 e. The number of rotatable bonds is 3. The van der Waals surface area contributed by atoms with E-state index < -0.39 is 0 Å². The number of hydrogen-bond donors (Lipinski definition) is 1. The molecule has 0 aliphatic heterocycles. The maximum atomic E-state index is 12.5. The summed E-state index contributed by atoms with van der Waals surface area (Å²) in [4.78, 5) is 12.5. The quantitative estimate of drug-likeness (QED) is 0.858. The minimum atomic E-state index is 0.0514. The van der Waals surface area contributed by atoms with E-state index >= 15 is 0 Å². The lowest BCUT2D eigenvalue weighted by Gasteiger charge is -2.34. The Bertz CT molecular complexity index is 647. The van der Waals surface area contributed by atoms with Crippen LogP contribution >= 0.6 is 0 Å². The molecule has 0 saturated heterocycles. The number of carbonyl (C=O) groups is 1. The Morgan fingerprint density at radius 1 is 0.913 bits per heavy atom. The smallest absolute Gasteiger partial charge is 0.251 e. The zero-order chi connectivity index (χ0) is 16.2. The molecule has 0 radical (unpaired) electrons. The summed E-state index contributed by atoms with van der Waals surface area (Å²) in [6.07, 6.45) is 3.59. The molecule has 2 aromatic rings. The van der Waals surface area contributed by atoms with E-state index in [1.165, 1.54) is 18.4 Å². The summed E-state index contributed by atoms with van der Waals surface area (Å²) in [5, 5.41) is 3.24. The lowest BCUT2D eigenvalue weighted by atomic mass is 9.78. The van der Waals surface area contributed by atoms with Gasteiger partial charge < -0.3 is 5.32 Å².